The molecule has 0 saturated carbocycles. The standard InChI is InChI=1S/C15H19BO3/c1-3-7-14-15(11-10-12(2)17)19-16(18-14)13-8-5-4-6-9-13/h4-6,8-11,14-15H,3,7H2,1-2H3/b11-10+/t14-,15-/m1/s1. The maximum Gasteiger partial charge on any atom is 0.494 e. The molecule has 1 heterocycles. The summed E-state index contributed by atoms with van der Waals surface area (Å²) in [7, 11) is -0.334. The fourth-order valence-electron chi connectivity index (χ4n) is 2.18. The molecule has 4 heteroatoms. The van der Waals surface area contributed by atoms with E-state index in [1.807, 2.05) is 36.4 Å². The van der Waals surface area contributed by atoms with E-state index >= 15 is 0 Å². The van der Waals surface area contributed by atoms with Gasteiger partial charge in [0.1, 0.15) is 0 Å². The van der Waals surface area contributed by atoms with E-state index in [4.69, 9.17) is 9.31 Å². The number of hydrogen-bond donors (Lipinski definition) is 0. The predicted molar refractivity (Wildman–Crippen MR) is 76.3 cm³/mol. The zero-order chi connectivity index (χ0) is 13.7. The maximum atomic E-state index is 11.0. The third-order valence-electron chi connectivity index (χ3n) is 3.11. The smallest absolute Gasteiger partial charge is 0.401 e. The van der Waals surface area contributed by atoms with Crippen molar-refractivity contribution in [3.8, 4) is 0 Å². The van der Waals surface area contributed by atoms with Crippen LogP contribution < -0.4 is 5.46 Å². The summed E-state index contributed by atoms with van der Waals surface area (Å²) in [6.45, 7) is 3.65. The van der Waals surface area contributed by atoms with Gasteiger partial charge in [-0.25, -0.2) is 0 Å². The average molecular weight is 258 g/mol. The van der Waals surface area contributed by atoms with Crippen molar-refractivity contribution in [1.82, 2.24) is 0 Å². The molecule has 0 radical (unpaired) electrons. The maximum absolute atomic E-state index is 11.0. The monoisotopic (exact) mass is 258 g/mol. The quantitative estimate of drug-likeness (QED) is 0.599. The first-order chi connectivity index (χ1) is 9.20. The van der Waals surface area contributed by atoms with E-state index in [9.17, 15) is 4.79 Å². The van der Waals surface area contributed by atoms with Gasteiger partial charge in [-0.15, -0.1) is 0 Å². The summed E-state index contributed by atoms with van der Waals surface area (Å²) in [5.74, 6) is 0.0296. The van der Waals surface area contributed by atoms with Gasteiger partial charge in [0, 0.05) is 0 Å². The minimum atomic E-state index is -0.334. The van der Waals surface area contributed by atoms with E-state index in [1.54, 1.807) is 6.08 Å². The summed E-state index contributed by atoms with van der Waals surface area (Å²) in [4.78, 5) is 11.0. The Kier molecular flexibility index (Phi) is 4.94. The minimum Gasteiger partial charge on any atom is -0.401 e. The molecule has 0 aliphatic carbocycles. The number of carbonyl (C=O) groups is 1. The molecule has 19 heavy (non-hydrogen) atoms. The molecule has 0 amide bonds. The Morgan fingerprint density at radius 3 is 2.68 bits per heavy atom. The van der Waals surface area contributed by atoms with E-state index in [1.165, 1.54) is 6.92 Å². The third kappa shape index (κ3) is 3.79. The van der Waals surface area contributed by atoms with Crippen molar-refractivity contribution in [3.63, 3.8) is 0 Å². The van der Waals surface area contributed by atoms with Crippen LogP contribution in [0.25, 0.3) is 0 Å². The summed E-state index contributed by atoms with van der Waals surface area (Å²) in [5.41, 5.74) is 1.02. The first-order valence-corrected chi connectivity index (χ1v) is 6.75. The Labute approximate surface area is 114 Å². The lowest BCUT2D eigenvalue weighted by molar-refractivity contribution is -0.112. The SMILES string of the molecule is CCC[C@H]1OB(c2ccccc2)O[C@@H]1/C=C/C(C)=O. The number of benzene rings is 1. The fraction of sp³-hybridized carbons (Fsp3) is 0.400. The molecule has 1 saturated heterocycles. The summed E-state index contributed by atoms with van der Waals surface area (Å²) in [6.07, 6.45) is 5.20. The van der Waals surface area contributed by atoms with Crippen molar-refractivity contribution in [1.29, 1.82) is 0 Å². The van der Waals surface area contributed by atoms with Gasteiger partial charge in [-0.3, -0.25) is 4.79 Å². The molecule has 3 nitrogen and oxygen atoms in total. The summed E-state index contributed by atoms with van der Waals surface area (Å²) in [6, 6.07) is 9.88. The highest BCUT2D eigenvalue weighted by Crippen LogP contribution is 2.21. The number of hydrogen-bond acceptors (Lipinski definition) is 3. The van der Waals surface area contributed by atoms with Gasteiger partial charge in [0.2, 0.25) is 0 Å². The molecular formula is C15H19BO3. The van der Waals surface area contributed by atoms with Crippen molar-refractivity contribution >= 4 is 18.4 Å². The van der Waals surface area contributed by atoms with Crippen LogP contribution >= 0.6 is 0 Å². The first-order valence-electron chi connectivity index (χ1n) is 6.75. The first kappa shape index (κ1) is 14.0. The van der Waals surface area contributed by atoms with Gasteiger partial charge in [-0.05, 0) is 24.9 Å². The summed E-state index contributed by atoms with van der Waals surface area (Å²) >= 11 is 0. The Bertz CT molecular complexity index is 444. The molecule has 0 bridgehead atoms. The highest BCUT2D eigenvalue weighted by atomic mass is 16.7. The van der Waals surface area contributed by atoms with Crippen molar-refractivity contribution in [2.45, 2.75) is 38.9 Å². The zero-order valence-electron chi connectivity index (χ0n) is 11.4. The lowest BCUT2D eigenvalue weighted by Crippen LogP contribution is -2.32. The second-order valence-corrected chi connectivity index (χ2v) is 4.78. The van der Waals surface area contributed by atoms with Crippen LogP contribution in [0.2, 0.25) is 0 Å². The highest BCUT2D eigenvalue weighted by molar-refractivity contribution is 6.61. The third-order valence-corrected chi connectivity index (χ3v) is 3.11. The summed E-state index contributed by atoms with van der Waals surface area (Å²) < 4.78 is 11.8. The van der Waals surface area contributed by atoms with E-state index < -0.39 is 0 Å². The second-order valence-electron chi connectivity index (χ2n) is 4.78. The van der Waals surface area contributed by atoms with Gasteiger partial charge in [0.05, 0.1) is 12.2 Å². The van der Waals surface area contributed by atoms with Crippen LogP contribution in [0.15, 0.2) is 42.5 Å². The Balaban J connectivity index is 2.09. The van der Waals surface area contributed by atoms with E-state index in [-0.39, 0.29) is 25.1 Å². The Morgan fingerprint density at radius 1 is 1.32 bits per heavy atom. The van der Waals surface area contributed by atoms with Crippen LogP contribution in [0.3, 0.4) is 0 Å². The molecule has 100 valence electrons. The number of carbonyl (C=O) groups excluding carboxylic acids is 1. The molecular weight excluding hydrogens is 239 g/mol. The number of allylic oxidation sites excluding steroid dienone is 1. The van der Waals surface area contributed by atoms with E-state index in [2.05, 4.69) is 6.92 Å². The Morgan fingerprint density at radius 2 is 2.05 bits per heavy atom. The molecule has 2 atom stereocenters. The molecule has 1 aliphatic rings. The van der Waals surface area contributed by atoms with Crippen molar-refractivity contribution < 1.29 is 14.1 Å². The summed E-state index contributed by atoms with van der Waals surface area (Å²) in [5, 5.41) is 0. The number of ketones is 1. The Hall–Kier alpha value is -1.39. The highest BCUT2D eigenvalue weighted by Gasteiger charge is 2.38. The predicted octanol–water partition coefficient (Wildman–Crippen LogP) is 2.11. The van der Waals surface area contributed by atoms with Crippen LogP contribution in [0, 0.1) is 0 Å². The van der Waals surface area contributed by atoms with Gasteiger partial charge >= 0.3 is 7.12 Å². The fourth-order valence-corrected chi connectivity index (χ4v) is 2.18. The van der Waals surface area contributed by atoms with Crippen LogP contribution in [-0.2, 0) is 14.1 Å². The lowest BCUT2D eigenvalue weighted by Gasteiger charge is -2.13. The molecule has 1 aromatic rings. The van der Waals surface area contributed by atoms with Gasteiger partial charge in [-0.2, -0.15) is 0 Å². The van der Waals surface area contributed by atoms with E-state index in [0.29, 0.717) is 0 Å². The molecule has 0 spiro atoms. The molecule has 0 unspecified atom stereocenters. The van der Waals surface area contributed by atoms with Crippen molar-refractivity contribution in [2.75, 3.05) is 0 Å². The van der Waals surface area contributed by atoms with E-state index in [0.717, 1.165) is 18.3 Å². The van der Waals surface area contributed by atoms with Crippen LogP contribution in [0.4, 0.5) is 0 Å². The molecule has 1 aromatic carbocycles. The molecule has 0 N–H and O–H groups in total. The van der Waals surface area contributed by atoms with Crippen molar-refractivity contribution in [2.24, 2.45) is 0 Å². The van der Waals surface area contributed by atoms with Gasteiger partial charge < -0.3 is 9.31 Å². The largest absolute Gasteiger partial charge is 0.494 e. The zero-order valence-corrected chi connectivity index (χ0v) is 11.4. The minimum absolute atomic E-state index is 0.0193. The van der Waals surface area contributed by atoms with Gasteiger partial charge in [0.25, 0.3) is 0 Å². The normalized spacial score (nSPS) is 23.2. The van der Waals surface area contributed by atoms with Crippen molar-refractivity contribution in [3.05, 3.63) is 42.5 Å². The van der Waals surface area contributed by atoms with Gasteiger partial charge in [0.15, 0.2) is 5.78 Å². The van der Waals surface area contributed by atoms with Crippen LogP contribution in [0.5, 0.6) is 0 Å². The lowest BCUT2D eigenvalue weighted by atomic mass is 9.79. The molecule has 1 fully saturated rings. The molecule has 0 aromatic heterocycles. The topological polar surface area (TPSA) is 35.5 Å². The second kappa shape index (κ2) is 6.69. The van der Waals surface area contributed by atoms with Gasteiger partial charge in [-0.1, -0.05) is 49.8 Å². The average Bonchev–Trinajstić information content (AvgIpc) is 2.81. The molecule has 2 rings (SSSR count). The van der Waals surface area contributed by atoms with Crippen LogP contribution in [0.1, 0.15) is 26.7 Å². The van der Waals surface area contributed by atoms with Crippen LogP contribution in [-0.4, -0.2) is 25.1 Å². The number of rotatable bonds is 5. The molecule has 1 aliphatic heterocycles.